The highest BCUT2D eigenvalue weighted by molar-refractivity contribution is 5.94. The van der Waals surface area contributed by atoms with E-state index in [0.717, 1.165) is 6.54 Å². The van der Waals surface area contributed by atoms with Crippen LogP contribution in [-0.2, 0) is 4.79 Å². The van der Waals surface area contributed by atoms with E-state index in [9.17, 15) is 14.0 Å². The molecule has 1 aliphatic carbocycles. The largest absolute Gasteiger partial charge is 0.367 e. The van der Waals surface area contributed by atoms with Gasteiger partial charge >= 0.3 is 0 Å². The van der Waals surface area contributed by atoms with Crippen molar-refractivity contribution < 1.29 is 14.0 Å². The third-order valence-corrected chi connectivity index (χ3v) is 6.23. The first-order valence-corrected chi connectivity index (χ1v) is 10.5. The van der Waals surface area contributed by atoms with E-state index < -0.39 is 0 Å². The molecule has 0 radical (unpaired) electrons. The van der Waals surface area contributed by atoms with Crippen LogP contribution in [0.4, 0.5) is 10.1 Å². The van der Waals surface area contributed by atoms with Gasteiger partial charge in [-0.15, -0.1) is 0 Å². The Morgan fingerprint density at radius 1 is 1.14 bits per heavy atom. The van der Waals surface area contributed by atoms with E-state index in [1.807, 2.05) is 11.8 Å². The molecule has 28 heavy (non-hydrogen) atoms. The number of ketones is 1. The summed E-state index contributed by atoms with van der Waals surface area (Å²) in [5, 5.41) is 3.13. The molecule has 1 N–H and O–H groups in total. The van der Waals surface area contributed by atoms with Crippen molar-refractivity contribution in [3.63, 3.8) is 0 Å². The van der Waals surface area contributed by atoms with Crippen LogP contribution in [0.3, 0.4) is 0 Å². The Labute approximate surface area is 167 Å². The summed E-state index contributed by atoms with van der Waals surface area (Å²) in [6.07, 6.45) is 6.33. The molecule has 6 heteroatoms. The maximum Gasteiger partial charge on any atom is 0.237 e. The Balaban J connectivity index is 1.48. The molecule has 1 aliphatic heterocycles. The summed E-state index contributed by atoms with van der Waals surface area (Å²) in [6, 6.07) is 4.50. The van der Waals surface area contributed by atoms with Gasteiger partial charge in [-0.1, -0.05) is 19.3 Å². The van der Waals surface area contributed by atoms with E-state index in [-0.39, 0.29) is 23.5 Å². The molecule has 1 atom stereocenters. The normalized spacial score (nSPS) is 20.0. The molecule has 3 rings (SSSR count). The van der Waals surface area contributed by atoms with Gasteiger partial charge in [0.1, 0.15) is 5.82 Å². The van der Waals surface area contributed by atoms with Gasteiger partial charge in [-0.3, -0.25) is 14.5 Å². The number of Topliss-reactive ketones (excluding diaryl/α,β-unsaturated/α-hetero) is 1. The second-order valence-electron chi connectivity index (χ2n) is 8.17. The minimum atomic E-state index is -0.362. The third-order valence-electron chi connectivity index (χ3n) is 6.23. The fourth-order valence-corrected chi connectivity index (χ4v) is 4.28. The molecule has 5 nitrogen and oxygen atoms in total. The van der Waals surface area contributed by atoms with Crippen molar-refractivity contribution in [1.82, 2.24) is 10.2 Å². The molecule has 0 spiro atoms. The lowest BCUT2D eigenvalue weighted by atomic mass is 9.89. The van der Waals surface area contributed by atoms with Crippen molar-refractivity contribution in [2.24, 2.45) is 5.92 Å². The van der Waals surface area contributed by atoms with Gasteiger partial charge in [-0.05, 0) is 50.8 Å². The number of nitrogens with zero attached hydrogens (tertiary/aromatic N) is 2. The van der Waals surface area contributed by atoms with Crippen molar-refractivity contribution in [3.05, 3.63) is 29.6 Å². The van der Waals surface area contributed by atoms with Gasteiger partial charge in [0, 0.05) is 38.3 Å². The van der Waals surface area contributed by atoms with Crippen LogP contribution in [0, 0.1) is 11.7 Å². The Hall–Kier alpha value is -1.95. The molecule has 1 amide bonds. The van der Waals surface area contributed by atoms with E-state index in [2.05, 4.69) is 10.2 Å². The Bertz CT molecular complexity index is 695. The first kappa shape index (κ1) is 20.8. The first-order valence-electron chi connectivity index (χ1n) is 10.5. The van der Waals surface area contributed by atoms with Crippen LogP contribution in [0.5, 0.6) is 0 Å². The maximum absolute atomic E-state index is 14.4. The fourth-order valence-electron chi connectivity index (χ4n) is 4.28. The number of hydrogen-bond acceptors (Lipinski definition) is 4. The van der Waals surface area contributed by atoms with E-state index >= 15 is 0 Å². The van der Waals surface area contributed by atoms with Crippen LogP contribution in [0.15, 0.2) is 18.2 Å². The Kier molecular flexibility index (Phi) is 7.05. The molecular weight excluding hydrogens is 357 g/mol. The molecule has 1 aromatic rings. The molecule has 0 unspecified atom stereocenters. The number of nitrogens with one attached hydrogen (secondary N) is 1. The number of benzene rings is 1. The highest BCUT2D eigenvalue weighted by Gasteiger charge is 2.27. The quantitative estimate of drug-likeness (QED) is 0.759. The fraction of sp³-hybridized carbons (Fsp3) is 0.636. The molecule has 1 saturated carbocycles. The van der Waals surface area contributed by atoms with Gasteiger partial charge in [0.2, 0.25) is 5.91 Å². The molecule has 2 fully saturated rings. The maximum atomic E-state index is 14.4. The number of halogens is 1. The van der Waals surface area contributed by atoms with E-state index in [1.165, 1.54) is 45.1 Å². The van der Waals surface area contributed by atoms with Gasteiger partial charge in [0.25, 0.3) is 0 Å². The number of hydrogen-bond donors (Lipinski definition) is 1. The molecule has 1 aromatic carbocycles. The third kappa shape index (κ3) is 5.10. The number of amides is 1. The van der Waals surface area contributed by atoms with E-state index in [1.54, 1.807) is 12.1 Å². The SMILES string of the molecule is CC(=O)c1ccc(N2CCN([C@@H](C)C(=O)NCC3CCCCC3)CC2)c(F)c1. The summed E-state index contributed by atoms with van der Waals surface area (Å²) < 4.78 is 14.4. The Morgan fingerprint density at radius 3 is 2.43 bits per heavy atom. The molecule has 1 saturated heterocycles. The number of rotatable bonds is 6. The number of piperazine rings is 1. The molecule has 154 valence electrons. The van der Waals surface area contributed by atoms with Crippen molar-refractivity contribution >= 4 is 17.4 Å². The van der Waals surface area contributed by atoms with E-state index in [4.69, 9.17) is 0 Å². The van der Waals surface area contributed by atoms with Crippen LogP contribution in [0.2, 0.25) is 0 Å². The lowest BCUT2D eigenvalue weighted by molar-refractivity contribution is -0.126. The van der Waals surface area contributed by atoms with E-state index in [0.29, 0.717) is 43.3 Å². The van der Waals surface area contributed by atoms with Crippen LogP contribution < -0.4 is 10.2 Å². The van der Waals surface area contributed by atoms with Crippen molar-refractivity contribution in [2.75, 3.05) is 37.6 Å². The standard InChI is InChI=1S/C22H32FN3O2/c1-16(22(28)24-15-18-6-4-3-5-7-18)25-10-12-26(13-11-25)21-9-8-19(17(2)27)14-20(21)23/h8-9,14,16,18H,3-7,10-13,15H2,1-2H3,(H,24,28)/t16-/m0/s1. The summed E-state index contributed by atoms with van der Waals surface area (Å²) in [7, 11) is 0. The minimum absolute atomic E-state index is 0.0935. The molecule has 2 aliphatic rings. The van der Waals surface area contributed by atoms with Gasteiger partial charge in [0.15, 0.2) is 5.78 Å². The highest BCUT2D eigenvalue weighted by Crippen LogP contribution is 2.24. The average molecular weight is 390 g/mol. The summed E-state index contributed by atoms with van der Waals surface area (Å²) >= 11 is 0. The van der Waals surface area contributed by atoms with Gasteiger partial charge in [-0.2, -0.15) is 0 Å². The predicted octanol–water partition coefficient (Wildman–Crippen LogP) is 3.24. The van der Waals surface area contributed by atoms with Crippen LogP contribution >= 0.6 is 0 Å². The zero-order chi connectivity index (χ0) is 20.1. The monoisotopic (exact) mass is 389 g/mol. The first-order chi connectivity index (χ1) is 13.5. The Morgan fingerprint density at radius 2 is 1.82 bits per heavy atom. The highest BCUT2D eigenvalue weighted by atomic mass is 19.1. The van der Waals surface area contributed by atoms with Crippen molar-refractivity contribution in [2.45, 2.75) is 52.0 Å². The van der Waals surface area contributed by atoms with Crippen LogP contribution in [-0.4, -0.2) is 55.4 Å². The lowest BCUT2D eigenvalue weighted by Crippen LogP contribution is -2.54. The second-order valence-corrected chi connectivity index (χ2v) is 8.17. The number of anilines is 1. The van der Waals surface area contributed by atoms with Gasteiger partial charge in [0.05, 0.1) is 11.7 Å². The molecular formula is C22H32FN3O2. The summed E-state index contributed by atoms with van der Waals surface area (Å²) in [5.41, 5.74) is 0.919. The van der Waals surface area contributed by atoms with Crippen LogP contribution in [0.25, 0.3) is 0 Å². The lowest BCUT2D eigenvalue weighted by Gasteiger charge is -2.38. The minimum Gasteiger partial charge on any atom is -0.367 e. The smallest absolute Gasteiger partial charge is 0.237 e. The molecule has 1 heterocycles. The zero-order valence-corrected chi connectivity index (χ0v) is 17.0. The second kappa shape index (κ2) is 9.50. The zero-order valence-electron chi connectivity index (χ0n) is 17.0. The van der Waals surface area contributed by atoms with Crippen molar-refractivity contribution in [3.8, 4) is 0 Å². The topological polar surface area (TPSA) is 52.7 Å². The summed E-state index contributed by atoms with van der Waals surface area (Å²) in [6.45, 7) is 6.93. The summed E-state index contributed by atoms with van der Waals surface area (Å²) in [5.74, 6) is 0.224. The number of carbonyl (C=O) groups is 2. The molecule has 0 bridgehead atoms. The average Bonchev–Trinajstić information content (AvgIpc) is 2.72. The van der Waals surface area contributed by atoms with Gasteiger partial charge < -0.3 is 10.2 Å². The molecule has 0 aromatic heterocycles. The van der Waals surface area contributed by atoms with Crippen LogP contribution in [0.1, 0.15) is 56.3 Å². The van der Waals surface area contributed by atoms with Gasteiger partial charge in [-0.25, -0.2) is 4.39 Å². The summed E-state index contributed by atoms with van der Waals surface area (Å²) in [4.78, 5) is 28.1. The number of carbonyl (C=O) groups excluding carboxylic acids is 2. The van der Waals surface area contributed by atoms with Crippen molar-refractivity contribution in [1.29, 1.82) is 0 Å². The predicted molar refractivity (Wildman–Crippen MR) is 109 cm³/mol.